The summed E-state index contributed by atoms with van der Waals surface area (Å²) in [6.07, 6.45) is -0.189. The minimum Gasteiger partial charge on any atom is -0.490 e. The van der Waals surface area contributed by atoms with Crippen LogP contribution in [0.1, 0.15) is 48.2 Å². The number of hydrogen-bond acceptors (Lipinski definition) is 5. The Labute approximate surface area is 246 Å². The topological polar surface area (TPSA) is 98.0 Å². The molecule has 2 aliphatic heterocycles. The highest BCUT2D eigenvalue weighted by Crippen LogP contribution is 2.47. The van der Waals surface area contributed by atoms with Crippen molar-refractivity contribution in [2.45, 2.75) is 32.0 Å². The molecular weight excluding hydrogens is 594 g/mol. The summed E-state index contributed by atoms with van der Waals surface area (Å²) in [4.78, 5) is 35.0. The number of piperazine rings is 1. The number of amidine groups is 1. The summed E-state index contributed by atoms with van der Waals surface area (Å²) >= 11 is 10.2. The Bertz CT molecular complexity index is 1520. The van der Waals surface area contributed by atoms with E-state index < -0.39 is 12.1 Å². The maximum Gasteiger partial charge on any atom is 0.326 e. The van der Waals surface area contributed by atoms with Crippen LogP contribution in [0.5, 0.6) is 5.75 Å². The van der Waals surface area contributed by atoms with Crippen LogP contribution in [0.15, 0.2) is 76.2 Å². The molecule has 0 saturated carbocycles. The molecular formula is C30H27BrClN5O3. The third-order valence-corrected chi connectivity index (χ3v) is 7.60. The number of ether oxygens (including phenoxy) is 1. The number of nitrogens with one attached hydrogen (secondary N) is 1. The lowest BCUT2D eigenvalue weighted by Crippen LogP contribution is -2.55. The summed E-state index contributed by atoms with van der Waals surface area (Å²) < 4.78 is 7.03. The first kappa shape index (κ1) is 27.7. The highest BCUT2D eigenvalue weighted by molar-refractivity contribution is 9.10. The van der Waals surface area contributed by atoms with Crippen LogP contribution in [-0.4, -0.2) is 53.3 Å². The van der Waals surface area contributed by atoms with Gasteiger partial charge in [0, 0.05) is 22.6 Å². The van der Waals surface area contributed by atoms with E-state index >= 15 is 0 Å². The third-order valence-electron chi connectivity index (χ3n) is 6.73. The van der Waals surface area contributed by atoms with Crippen molar-refractivity contribution in [3.05, 3.63) is 98.5 Å². The number of amides is 3. The lowest BCUT2D eigenvalue weighted by Gasteiger charge is -2.36. The standard InChI is InChI=1S/C30H27BrClN5O3/c1-18(2)40-25-15-19(16-33)7-12-23(25)29-35-27(22-5-3-4-6-24(22)32)28(20-8-10-21(31)11-9-20)37(29)30(39)36-14-13-34-26(38)17-36/h3-12,15,18,27-28H,13-14,17H2,1-2H3,(H,34,38). The number of hydrogen-bond donors (Lipinski definition) is 1. The van der Waals surface area contributed by atoms with E-state index in [1.165, 1.54) is 4.90 Å². The van der Waals surface area contributed by atoms with Gasteiger partial charge >= 0.3 is 6.03 Å². The number of carbonyl (C=O) groups is 2. The van der Waals surface area contributed by atoms with Crippen molar-refractivity contribution in [2.75, 3.05) is 19.6 Å². The molecule has 5 rings (SSSR count). The Morgan fingerprint density at radius 2 is 1.93 bits per heavy atom. The number of benzene rings is 3. The Hall–Kier alpha value is -3.87. The van der Waals surface area contributed by atoms with Gasteiger partial charge in [0.1, 0.15) is 24.2 Å². The zero-order valence-electron chi connectivity index (χ0n) is 22.0. The summed E-state index contributed by atoms with van der Waals surface area (Å²) in [7, 11) is 0. The van der Waals surface area contributed by atoms with Crippen molar-refractivity contribution in [3.63, 3.8) is 0 Å². The van der Waals surface area contributed by atoms with E-state index in [1.54, 1.807) is 29.2 Å². The number of aliphatic imine (C=N–C) groups is 1. The van der Waals surface area contributed by atoms with Gasteiger partial charge in [-0.15, -0.1) is 0 Å². The first-order valence-electron chi connectivity index (χ1n) is 12.9. The molecule has 0 bridgehead atoms. The molecule has 204 valence electrons. The van der Waals surface area contributed by atoms with Crippen LogP contribution >= 0.6 is 27.5 Å². The quantitative estimate of drug-likeness (QED) is 0.387. The molecule has 10 heteroatoms. The molecule has 2 aliphatic rings. The Morgan fingerprint density at radius 3 is 2.60 bits per heavy atom. The first-order chi connectivity index (χ1) is 19.3. The van der Waals surface area contributed by atoms with E-state index in [2.05, 4.69) is 27.3 Å². The first-order valence-corrected chi connectivity index (χ1v) is 14.1. The van der Waals surface area contributed by atoms with E-state index in [0.717, 1.165) is 15.6 Å². The fourth-order valence-corrected chi connectivity index (χ4v) is 5.49. The predicted molar refractivity (Wildman–Crippen MR) is 156 cm³/mol. The number of nitrogens with zero attached hydrogens (tertiary/aromatic N) is 4. The second-order valence-corrected chi connectivity index (χ2v) is 11.2. The minimum absolute atomic E-state index is 0.0604. The number of urea groups is 1. The smallest absolute Gasteiger partial charge is 0.326 e. The minimum atomic E-state index is -0.567. The van der Waals surface area contributed by atoms with Gasteiger partial charge < -0.3 is 15.0 Å². The fraction of sp³-hybridized carbons (Fsp3) is 0.267. The molecule has 1 fully saturated rings. The van der Waals surface area contributed by atoms with Gasteiger partial charge in [-0.2, -0.15) is 5.26 Å². The average molecular weight is 621 g/mol. The largest absolute Gasteiger partial charge is 0.490 e. The second-order valence-electron chi connectivity index (χ2n) is 9.83. The third kappa shape index (κ3) is 5.55. The zero-order valence-corrected chi connectivity index (χ0v) is 24.3. The maximum absolute atomic E-state index is 14.4. The molecule has 8 nitrogen and oxygen atoms in total. The lowest BCUT2D eigenvalue weighted by molar-refractivity contribution is -0.123. The Kier molecular flexibility index (Phi) is 8.10. The SMILES string of the molecule is CC(C)Oc1cc(C#N)ccc1C1=NC(c2ccccc2Cl)C(c2ccc(Br)cc2)N1C(=O)N1CCNC(=O)C1. The maximum atomic E-state index is 14.4. The van der Waals surface area contributed by atoms with Gasteiger partial charge in [0.2, 0.25) is 5.91 Å². The monoisotopic (exact) mass is 619 g/mol. The molecule has 3 amide bonds. The Balaban J connectivity index is 1.73. The van der Waals surface area contributed by atoms with Crippen LogP contribution in [-0.2, 0) is 4.79 Å². The van der Waals surface area contributed by atoms with E-state index in [-0.39, 0.29) is 24.6 Å². The number of carbonyl (C=O) groups excluding carboxylic acids is 2. The van der Waals surface area contributed by atoms with Crippen molar-refractivity contribution in [1.29, 1.82) is 5.26 Å². The molecule has 40 heavy (non-hydrogen) atoms. The molecule has 0 spiro atoms. The van der Waals surface area contributed by atoms with Crippen molar-refractivity contribution in [3.8, 4) is 11.8 Å². The predicted octanol–water partition coefficient (Wildman–Crippen LogP) is 5.86. The summed E-state index contributed by atoms with van der Waals surface area (Å²) in [6.45, 7) is 4.45. The van der Waals surface area contributed by atoms with Crippen LogP contribution in [0.25, 0.3) is 0 Å². The molecule has 0 aromatic heterocycles. The second kappa shape index (κ2) is 11.7. The van der Waals surface area contributed by atoms with Gasteiger partial charge in [-0.1, -0.05) is 57.9 Å². The zero-order chi connectivity index (χ0) is 28.4. The average Bonchev–Trinajstić information content (AvgIpc) is 3.33. The van der Waals surface area contributed by atoms with Crippen LogP contribution in [0, 0.1) is 11.3 Å². The highest BCUT2D eigenvalue weighted by atomic mass is 79.9. The van der Waals surface area contributed by atoms with E-state index in [9.17, 15) is 14.9 Å². The van der Waals surface area contributed by atoms with Crippen LogP contribution in [0.2, 0.25) is 5.02 Å². The van der Waals surface area contributed by atoms with Crippen molar-refractivity contribution in [2.24, 2.45) is 4.99 Å². The van der Waals surface area contributed by atoms with Crippen LogP contribution in [0.4, 0.5) is 4.79 Å². The van der Waals surface area contributed by atoms with Crippen LogP contribution < -0.4 is 10.1 Å². The highest BCUT2D eigenvalue weighted by Gasteiger charge is 2.45. The summed E-state index contributed by atoms with van der Waals surface area (Å²) in [5.41, 5.74) is 2.61. The van der Waals surface area contributed by atoms with Crippen molar-refractivity contribution >= 4 is 45.3 Å². The molecule has 2 heterocycles. The van der Waals surface area contributed by atoms with Gasteiger partial charge in [0.05, 0.1) is 29.3 Å². The number of halogens is 2. The molecule has 0 aliphatic carbocycles. The summed E-state index contributed by atoms with van der Waals surface area (Å²) in [6, 6.07) is 21.0. The van der Waals surface area contributed by atoms with Gasteiger partial charge in [-0.25, -0.2) is 4.79 Å². The van der Waals surface area contributed by atoms with E-state index in [0.29, 0.717) is 40.8 Å². The summed E-state index contributed by atoms with van der Waals surface area (Å²) in [5.74, 6) is 0.604. The van der Waals surface area contributed by atoms with Gasteiger partial charge in [-0.05, 0) is 61.4 Å². The fourth-order valence-electron chi connectivity index (χ4n) is 4.97. The Morgan fingerprint density at radius 1 is 1.18 bits per heavy atom. The van der Waals surface area contributed by atoms with Crippen molar-refractivity contribution < 1.29 is 14.3 Å². The van der Waals surface area contributed by atoms with Crippen molar-refractivity contribution in [1.82, 2.24) is 15.1 Å². The number of rotatable bonds is 5. The van der Waals surface area contributed by atoms with Gasteiger partial charge in [0.25, 0.3) is 0 Å². The molecule has 1 N–H and O–H groups in total. The lowest BCUT2D eigenvalue weighted by atomic mass is 9.93. The summed E-state index contributed by atoms with van der Waals surface area (Å²) in [5, 5.41) is 12.9. The molecule has 1 saturated heterocycles. The van der Waals surface area contributed by atoms with Crippen LogP contribution in [0.3, 0.4) is 0 Å². The van der Waals surface area contributed by atoms with Gasteiger partial charge in [0.15, 0.2) is 0 Å². The molecule has 3 aromatic rings. The van der Waals surface area contributed by atoms with Gasteiger partial charge in [-0.3, -0.25) is 14.7 Å². The van der Waals surface area contributed by atoms with E-state index in [1.807, 2.05) is 56.3 Å². The molecule has 0 radical (unpaired) electrons. The number of nitriles is 1. The molecule has 2 atom stereocenters. The molecule has 2 unspecified atom stereocenters. The molecule has 3 aromatic carbocycles. The normalized spacial score (nSPS) is 18.8. The van der Waals surface area contributed by atoms with E-state index in [4.69, 9.17) is 21.3 Å².